The summed E-state index contributed by atoms with van der Waals surface area (Å²) in [5.74, 6) is -15.2. The first-order chi connectivity index (χ1) is 47.7. The zero-order valence-corrected chi connectivity index (χ0v) is 56.2. The van der Waals surface area contributed by atoms with Gasteiger partial charge in [0.25, 0.3) is 0 Å². The van der Waals surface area contributed by atoms with Gasteiger partial charge < -0.3 is 128 Å². The van der Waals surface area contributed by atoms with E-state index in [9.17, 15) is 75.3 Å². The number of aliphatic hydroxyl groups excluding tert-OH is 7. The third-order valence-electron chi connectivity index (χ3n) is 18.2. The van der Waals surface area contributed by atoms with Gasteiger partial charge in [0.05, 0.1) is 47.2 Å². The highest BCUT2D eigenvalue weighted by Crippen LogP contribution is 2.50. The summed E-state index contributed by atoms with van der Waals surface area (Å²) in [7, 11) is 1.48. The number of carbonyl (C=O) groups is 7. The number of aromatic hydroxyl groups is 3. The fourth-order valence-electron chi connectivity index (χ4n) is 12.8. The number of halogens is 2. The van der Waals surface area contributed by atoms with Gasteiger partial charge in [-0.15, -0.1) is 0 Å². The maximum Gasteiger partial charge on any atom is 0.246 e. The van der Waals surface area contributed by atoms with E-state index in [0.717, 1.165) is 60.7 Å². The van der Waals surface area contributed by atoms with E-state index in [-0.39, 0.29) is 57.5 Å². The molecule has 12 rings (SSSR count). The van der Waals surface area contributed by atoms with Crippen LogP contribution in [0.4, 0.5) is 0 Å². The quantitative estimate of drug-likeness (QED) is 0.0701. The normalized spacial score (nSPS) is 29.6. The minimum absolute atomic E-state index is 0.0898. The molecule has 0 spiro atoms. The van der Waals surface area contributed by atoms with E-state index in [2.05, 4.69) is 31.9 Å². The number of ether oxygens (including phenoxy) is 6. The zero-order valence-electron chi connectivity index (χ0n) is 54.6. The van der Waals surface area contributed by atoms with E-state index >= 15 is 14.4 Å². The van der Waals surface area contributed by atoms with Crippen molar-refractivity contribution in [3.8, 4) is 57.1 Å². The number of likely N-dealkylation sites (N-methyl/N-ethyl adjacent to an activating group) is 1. The van der Waals surface area contributed by atoms with Crippen LogP contribution < -0.4 is 57.6 Å². The minimum atomic E-state index is -2.58. The molecule has 0 aromatic heterocycles. The van der Waals surface area contributed by atoms with Gasteiger partial charge >= 0.3 is 0 Å². The molecular weight excluding hydrogens is 1370 g/mol. The van der Waals surface area contributed by atoms with Gasteiger partial charge in [0, 0.05) is 35.6 Å². The van der Waals surface area contributed by atoms with Crippen LogP contribution >= 0.6 is 23.2 Å². The Labute approximate surface area is 585 Å². The maximum absolute atomic E-state index is 16.1. The third kappa shape index (κ3) is 16.1. The molecule has 10 unspecified atom stereocenters. The van der Waals surface area contributed by atoms with Crippen LogP contribution in [0.1, 0.15) is 111 Å². The Kier molecular flexibility index (Phi) is 22.7. The Morgan fingerprint density at radius 2 is 1.38 bits per heavy atom. The summed E-state index contributed by atoms with van der Waals surface area (Å²) in [6, 6.07) is 2.58. The molecule has 2 saturated heterocycles. The number of nitrogens with two attached hydrogens (primary N) is 2. The van der Waals surface area contributed by atoms with Crippen molar-refractivity contribution in [3.63, 3.8) is 0 Å². The van der Waals surface area contributed by atoms with Gasteiger partial charge in [0.2, 0.25) is 47.5 Å². The number of rotatable bonds is 13. The fraction of sp³-hybridized carbons (Fsp3) is 0.448. The number of phenols is 3. The summed E-state index contributed by atoms with van der Waals surface area (Å²) in [4.78, 5) is 104. The number of hydrogen-bond acceptors (Lipinski definition) is 26. The molecule has 5 aromatic rings. The lowest BCUT2D eigenvalue weighted by atomic mass is 9.85. The molecule has 2 fully saturated rings. The van der Waals surface area contributed by atoms with Crippen molar-refractivity contribution in [3.05, 3.63) is 117 Å². The van der Waals surface area contributed by atoms with Gasteiger partial charge in [0.1, 0.15) is 89.5 Å². The van der Waals surface area contributed by atoms with Crippen molar-refractivity contribution in [2.75, 3.05) is 13.7 Å². The highest BCUT2D eigenvalue weighted by molar-refractivity contribution is 6.32. The molecule has 0 saturated carbocycles. The number of hydrogen-bond donors (Lipinski definition) is 19. The topological polar surface area (TPSA) is 522 Å². The second-order valence-electron chi connectivity index (χ2n) is 26.1. The number of aliphatic hydroxyl groups is 8. The van der Waals surface area contributed by atoms with Crippen LogP contribution in [-0.2, 0) is 47.8 Å². The van der Waals surface area contributed by atoms with Crippen molar-refractivity contribution in [2.45, 2.75) is 169 Å². The number of benzene rings is 5. The molecule has 21 N–H and O–H groups in total. The van der Waals surface area contributed by atoms with Gasteiger partial charge in [-0.1, -0.05) is 55.2 Å². The summed E-state index contributed by atoms with van der Waals surface area (Å²) in [6.45, 7) is 5.70. The largest absolute Gasteiger partial charge is 0.508 e. The SMILES string of the molecule is CN[C@H](CC(C)C)C(=O)N[C@H]1C(=O)N[C@@H](CC(N)=O)C(=O)N[C@H]2C(=O)C[C@H]3C(=O)N[C@@H](C(=O)NC(C(O)O)c4cc(O)cc(O)c4-c4cc3ccc4O)[C@H](O)c3ccc(c(Cl)c3)Oc3cc2cc(c3OC2OC(CO)C(O)C(O)C2OC2CC(C)(N)C(O)C(C)O2)Oc2ccc(cc2Cl)[C@H]1O. The lowest BCUT2D eigenvalue weighted by molar-refractivity contribution is -0.333. The molecule has 11 bridgehead atoms. The second-order valence-corrected chi connectivity index (χ2v) is 26.9. The van der Waals surface area contributed by atoms with Crippen molar-refractivity contribution in [2.24, 2.45) is 17.4 Å². The van der Waals surface area contributed by atoms with Gasteiger partial charge in [0.15, 0.2) is 36.0 Å². The Balaban J connectivity index is 1.24. The standard InChI is InChI=1S/C67H78Cl2N8O24/c1-24(2)12-36(72-5)61(90)77-51-53(84)27-7-10-41(34(68)14-27)97-43-16-29-17-44(57(43)101-66-58(56(87)55(86)45(23-78)99-66)100-47-22-67(4,71)59(88)25(3)96-47)98-42-11-8-28(15-35(42)69)54(85)52-64(93)75-50(65(94)95)33-18-30(79)19-39(81)48(33)32-13-26(6-9-38(32)80)31(60(89)76-52)20-40(82)49(29)74-62(91)37(21-46(70)83)73-63(51)92/h6-11,13-19,24-25,31,36-37,45,47,49-56,58-59,65-66,72,78-81,84-88,94-95H,12,20-23,71H2,1-5H3,(H2,70,83)(H,73,92)(H,74,91)(H,75,93)(H,76,89)(H,77,90)/t25?,31-,36-,37+,45?,47?,49-,50?,51-,52-,53-,54-,55?,56?,58?,59?,66?,67?/m1/s1. The number of nitrogens with one attached hydrogen (secondary N) is 6. The van der Waals surface area contributed by atoms with E-state index in [1.54, 1.807) is 0 Å². The monoisotopic (exact) mass is 1450 g/mol. The molecule has 101 heavy (non-hydrogen) atoms. The summed E-state index contributed by atoms with van der Waals surface area (Å²) in [6.07, 6.45) is -22.0. The van der Waals surface area contributed by atoms with Crippen LogP contribution in [0.5, 0.6) is 46.0 Å². The number of primary amides is 1. The molecule has 0 radical (unpaired) electrons. The van der Waals surface area contributed by atoms with E-state index in [1.807, 2.05) is 13.8 Å². The van der Waals surface area contributed by atoms with Crippen LogP contribution in [0, 0.1) is 5.92 Å². The molecule has 7 aliphatic rings. The predicted octanol–water partition coefficient (Wildman–Crippen LogP) is 0.218. The summed E-state index contributed by atoms with van der Waals surface area (Å²) in [5, 5.41) is 140. The van der Waals surface area contributed by atoms with Crippen LogP contribution in [0.3, 0.4) is 0 Å². The van der Waals surface area contributed by atoms with E-state index in [4.69, 9.17) is 63.1 Å². The molecule has 6 amide bonds. The molecule has 34 heteroatoms. The Morgan fingerprint density at radius 1 is 0.743 bits per heavy atom. The highest BCUT2D eigenvalue weighted by atomic mass is 35.5. The Morgan fingerprint density at radius 3 is 1.96 bits per heavy atom. The van der Waals surface area contributed by atoms with E-state index in [1.165, 1.54) is 39.1 Å². The first kappa shape index (κ1) is 75.1. The zero-order chi connectivity index (χ0) is 73.5. The van der Waals surface area contributed by atoms with Crippen molar-refractivity contribution >= 4 is 64.4 Å². The van der Waals surface area contributed by atoms with Gasteiger partial charge in [-0.2, -0.15) is 0 Å². The molecule has 18 atom stereocenters. The minimum Gasteiger partial charge on any atom is -0.508 e. The van der Waals surface area contributed by atoms with Gasteiger partial charge in [-0.05, 0) is 116 Å². The lowest BCUT2D eigenvalue weighted by Gasteiger charge is -2.47. The first-order valence-electron chi connectivity index (χ1n) is 32.0. The van der Waals surface area contributed by atoms with Crippen LogP contribution in [0.25, 0.3) is 11.1 Å². The summed E-state index contributed by atoms with van der Waals surface area (Å²) < 4.78 is 38.4. The molecule has 7 heterocycles. The average molecular weight is 1450 g/mol. The number of amides is 6. The number of carbonyl (C=O) groups excluding carboxylic acids is 7. The van der Waals surface area contributed by atoms with E-state index < -0.39 is 232 Å². The number of fused-ring (bicyclic) bond motifs is 15. The van der Waals surface area contributed by atoms with Crippen LogP contribution in [-0.4, -0.2) is 196 Å². The summed E-state index contributed by atoms with van der Waals surface area (Å²) in [5.41, 5.74) is 8.58. The predicted molar refractivity (Wildman–Crippen MR) is 351 cm³/mol. The molecule has 0 aliphatic carbocycles. The summed E-state index contributed by atoms with van der Waals surface area (Å²) >= 11 is 14.1. The molecule has 7 aliphatic heterocycles. The van der Waals surface area contributed by atoms with Crippen molar-refractivity contribution in [1.29, 1.82) is 0 Å². The molecule has 5 aromatic carbocycles. The first-order valence-corrected chi connectivity index (χ1v) is 32.7. The number of phenolic OH excluding ortho intramolecular Hbond substituents is 3. The van der Waals surface area contributed by atoms with Crippen molar-refractivity contribution < 1.29 is 118 Å². The number of ketones is 1. The lowest BCUT2D eigenvalue weighted by Crippen LogP contribution is -2.64. The third-order valence-corrected chi connectivity index (χ3v) is 18.8. The Bertz CT molecular complexity index is 4020. The molecule has 544 valence electrons. The van der Waals surface area contributed by atoms with Gasteiger partial charge in [-0.25, -0.2) is 0 Å². The Hall–Kier alpha value is -8.55. The van der Waals surface area contributed by atoms with Crippen LogP contribution in [0.15, 0.2) is 78.9 Å². The smallest absolute Gasteiger partial charge is 0.246 e. The molecular formula is C67H78Cl2N8O24. The maximum atomic E-state index is 16.1. The highest BCUT2D eigenvalue weighted by Gasteiger charge is 2.51. The van der Waals surface area contributed by atoms with Crippen LogP contribution in [0.2, 0.25) is 10.0 Å². The number of Topliss-reactive ketones (excluding diaryl/α,β-unsaturated/α-hetero) is 1. The fourth-order valence-corrected chi connectivity index (χ4v) is 13.3. The second kappa shape index (κ2) is 30.6. The van der Waals surface area contributed by atoms with E-state index in [0.29, 0.717) is 0 Å². The average Bonchev–Trinajstić information content (AvgIpc) is 0.775. The van der Waals surface area contributed by atoms with Gasteiger partial charge in [-0.3, -0.25) is 33.6 Å². The molecule has 32 nitrogen and oxygen atoms in total. The van der Waals surface area contributed by atoms with Crippen molar-refractivity contribution in [1.82, 2.24) is 31.9 Å².